The van der Waals surface area contributed by atoms with Gasteiger partial charge < -0.3 is 10.2 Å². The van der Waals surface area contributed by atoms with E-state index in [4.69, 9.17) is 11.6 Å². The maximum Gasteiger partial charge on any atom is 0.154 e. The van der Waals surface area contributed by atoms with Crippen LogP contribution >= 0.6 is 11.6 Å². The minimum atomic E-state index is 0.410. The van der Waals surface area contributed by atoms with Crippen LogP contribution in [-0.2, 0) is 13.1 Å². The second-order valence-corrected chi connectivity index (χ2v) is 5.78. The van der Waals surface area contributed by atoms with Crippen LogP contribution in [0.5, 0.6) is 0 Å². The average Bonchev–Trinajstić information content (AvgIpc) is 2.55. The van der Waals surface area contributed by atoms with Gasteiger partial charge in [0.1, 0.15) is 5.82 Å². The summed E-state index contributed by atoms with van der Waals surface area (Å²) in [7, 11) is 2.02. The lowest BCUT2D eigenvalue weighted by molar-refractivity contribution is 0.650. The largest absolute Gasteiger partial charge is 0.356 e. The normalized spacial score (nSPS) is 12.2. The van der Waals surface area contributed by atoms with Crippen LogP contribution < -0.4 is 10.2 Å². The van der Waals surface area contributed by atoms with Gasteiger partial charge in [0, 0.05) is 26.2 Å². The zero-order valence-corrected chi connectivity index (χ0v) is 14.1. The molecular formula is C17H23ClN4. The van der Waals surface area contributed by atoms with Gasteiger partial charge in [-0.3, -0.25) is 4.98 Å². The molecule has 118 valence electrons. The Kier molecular flexibility index (Phi) is 6.16. The van der Waals surface area contributed by atoms with Crippen LogP contribution in [0.1, 0.15) is 31.5 Å². The molecule has 0 spiro atoms. The predicted molar refractivity (Wildman–Crippen MR) is 92.2 cm³/mol. The van der Waals surface area contributed by atoms with Crippen molar-refractivity contribution in [2.75, 3.05) is 11.9 Å². The predicted octanol–water partition coefficient (Wildman–Crippen LogP) is 3.65. The fourth-order valence-corrected chi connectivity index (χ4v) is 2.29. The second kappa shape index (κ2) is 8.11. The highest BCUT2D eigenvalue weighted by molar-refractivity contribution is 6.30. The molecule has 0 aliphatic heterocycles. The van der Waals surface area contributed by atoms with Gasteiger partial charge in [-0.05, 0) is 18.9 Å². The molecule has 0 bridgehead atoms. The SMILES string of the molecule is CCC(C)N(C)c1cnc(CNCc2ccccc2)c(Cl)n1. The highest BCUT2D eigenvalue weighted by Crippen LogP contribution is 2.18. The first-order valence-electron chi connectivity index (χ1n) is 7.60. The van der Waals surface area contributed by atoms with E-state index < -0.39 is 0 Å². The molecule has 1 atom stereocenters. The van der Waals surface area contributed by atoms with E-state index in [0.717, 1.165) is 24.5 Å². The van der Waals surface area contributed by atoms with Crippen LogP contribution in [-0.4, -0.2) is 23.1 Å². The van der Waals surface area contributed by atoms with Crippen LogP contribution in [0.4, 0.5) is 5.82 Å². The van der Waals surface area contributed by atoms with Crippen molar-refractivity contribution in [2.45, 2.75) is 39.4 Å². The van der Waals surface area contributed by atoms with E-state index in [1.165, 1.54) is 5.56 Å². The third-order valence-electron chi connectivity index (χ3n) is 3.86. The Balaban J connectivity index is 1.95. The maximum atomic E-state index is 6.26. The number of nitrogens with one attached hydrogen (secondary N) is 1. The Morgan fingerprint density at radius 2 is 1.95 bits per heavy atom. The fourth-order valence-electron chi connectivity index (χ4n) is 2.09. The highest BCUT2D eigenvalue weighted by Gasteiger charge is 2.12. The summed E-state index contributed by atoms with van der Waals surface area (Å²) in [5.74, 6) is 0.811. The number of halogens is 1. The van der Waals surface area contributed by atoms with Gasteiger partial charge in [0.15, 0.2) is 5.15 Å². The molecule has 1 unspecified atom stereocenters. The molecule has 1 heterocycles. The topological polar surface area (TPSA) is 41.1 Å². The Hall–Kier alpha value is -1.65. The molecule has 1 aromatic carbocycles. The molecule has 22 heavy (non-hydrogen) atoms. The van der Waals surface area contributed by atoms with E-state index >= 15 is 0 Å². The third-order valence-corrected chi connectivity index (χ3v) is 4.17. The number of hydrogen-bond donors (Lipinski definition) is 1. The van der Waals surface area contributed by atoms with Crippen LogP contribution in [0.25, 0.3) is 0 Å². The molecule has 1 N–H and O–H groups in total. The van der Waals surface area contributed by atoms with Crippen LogP contribution in [0.3, 0.4) is 0 Å². The van der Waals surface area contributed by atoms with Crippen LogP contribution in [0, 0.1) is 0 Å². The van der Waals surface area contributed by atoms with Gasteiger partial charge in [0.05, 0.1) is 11.9 Å². The fraction of sp³-hybridized carbons (Fsp3) is 0.412. The van der Waals surface area contributed by atoms with Crippen molar-refractivity contribution in [3.63, 3.8) is 0 Å². The lowest BCUT2D eigenvalue weighted by atomic mass is 10.2. The first-order chi connectivity index (χ1) is 10.6. The standard InChI is InChI=1S/C17H23ClN4/c1-4-13(2)22(3)16-12-20-15(17(18)21-16)11-19-10-14-8-6-5-7-9-14/h5-9,12-13,19H,4,10-11H2,1-3H3. The lowest BCUT2D eigenvalue weighted by Crippen LogP contribution is -2.29. The summed E-state index contributed by atoms with van der Waals surface area (Å²) < 4.78 is 0. The third kappa shape index (κ3) is 4.42. The van der Waals surface area contributed by atoms with E-state index in [-0.39, 0.29) is 0 Å². The molecule has 4 nitrogen and oxygen atoms in total. The summed E-state index contributed by atoms with van der Waals surface area (Å²) in [6.45, 7) is 5.70. The molecule has 0 aliphatic rings. The van der Waals surface area contributed by atoms with Crippen molar-refractivity contribution in [1.82, 2.24) is 15.3 Å². The van der Waals surface area contributed by atoms with Crippen LogP contribution in [0.15, 0.2) is 36.5 Å². The van der Waals surface area contributed by atoms with Crippen molar-refractivity contribution in [1.29, 1.82) is 0 Å². The Labute approximate surface area is 137 Å². The monoisotopic (exact) mass is 318 g/mol. The second-order valence-electron chi connectivity index (χ2n) is 5.42. The molecule has 0 saturated heterocycles. The molecule has 0 radical (unpaired) electrons. The van der Waals surface area contributed by atoms with Gasteiger partial charge in [-0.1, -0.05) is 48.9 Å². The van der Waals surface area contributed by atoms with Crippen molar-refractivity contribution in [2.24, 2.45) is 0 Å². The van der Waals surface area contributed by atoms with Gasteiger partial charge >= 0.3 is 0 Å². The van der Waals surface area contributed by atoms with Crippen molar-refractivity contribution in [3.8, 4) is 0 Å². The number of anilines is 1. The van der Waals surface area contributed by atoms with Crippen molar-refractivity contribution >= 4 is 17.4 Å². The number of hydrogen-bond acceptors (Lipinski definition) is 4. The number of nitrogens with zero attached hydrogens (tertiary/aromatic N) is 3. The summed E-state index contributed by atoms with van der Waals surface area (Å²) in [6, 6.07) is 10.7. The van der Waals surface area contributed by atoms with E-state index in [2.05, 4.69) is 46.2 Å². The van der Waals surface area contributed by atoms with E-state index in [9.17, 15) is 0 Å². The average molecular weight is 319 g/mol. The number of benzene rings is 1. The summed E-state index contributed by atoms with van der Waals surface area (Å²) in [5.41, 5.74) is 2.01. The van der Waals surface area contributed by atoms with E-state index in [1.54, 1.807) is 6.20 Å². The van der Waals surface area contributed by atoms with E-state index in [1.807, 2.05) is 25.2 Å². The van der Waals surface area contributed by atoms with Crippen molar-refractivity contribution < 1.29 is 0 Å². The first-order valence-corrected chi connectivity index (χ1v) is 7.98. The molecule has 0 amide bonds. The van der Waals surface area contributed by atoms with E-state index in [0.29, 0.717) is 17.7 Å². The Morgan fingerprint density at radius 1 is 1.23 bits per heavy atom. The summed E-state index contributed by atoms with van der Waals surface area (Å²) in [4.78, 5) is 11.0. The van der Waals surface area contributed by atoms with Crippen LogP contribution in [0.2, 0.25) is 5.15 Å². The number of aromatic nitrogens is 2. The molecule has 1 aromatic heterocycles. The molecule has 0 aliphatic carbocycles. The zero-order valence-electron chi connectivity index (χ0n) is 13.4. The molecule has 0 fully saturated rings. The summed E-state index contributed by atoms with van der Waals surface area (Å²) in [5, 5.41) is 3.81. The van der Waals surface area contributed by atoms with Gasteiger partial charge in [-0.15, -0.1) is 0 Å². The lowest BCUT2D eigenvalue weighted by Gasteiger charge is -2.24. The Bertz CT molecular complexity index is 588. The number of rotatable bonds is 7. The van der Waals surface area contributed by atoms with Crippen molar-refractivity contribution in [3.05, 3.63) is 52.9 Å². The van der Waals surface area contributed by atoms with Gasteiger partial charge in [-0.25, -0.2) is 4.98 Å². The molecule has 0 saturated carbocycles. The van der Waals surface area contributed by atoms with Gasteiger partial charge in [0.2, 0.25) is 0 Å². The Morgan fingerprint density at radius 3 is 2.59 bits per heavy atom. The molecule has 2 aromatic rings. The smallest absolute Gasteiger partial charge is 0.154 e. The highest BCUT2D eigenvalue weighted by atomic mass is 35.5. The molecule has 2 rings (SSSR count). The quantitative estimate of drug-likeness (QED) is 0.846. The summed E-state index contributed by atoms with van der Waals surface area (Å²) in [6.07, 6.45) is 2.84. The first kappa shape index (κ1) is 16.7. The summed E-state index contributed by atoms with van der Waals surface area (Å²) >= 11 is 6.26. The van der Waals surface area contributed by atoms with Gasteiger partial charge in [0.25, 0.3) is 0 Å². The molecular weight excluding hydrogens is 296 g/mol. The molecule has 5 heteroatoms. The minimum absolute atomic E-state index is 0.410. The maximum absolute atomic E-state index is 6.26. The minimum Gasteiger partial charge on any atom is -0.356 e. The zero-order chi connectivity index (χ0) is 15.9. The van der Waals surface area contributed by atoms with Gasteiger partial charge in [-0.2, -0.15) is 0 Å².